The molecule has 20 heavy (non-hydrogen) atoms. The van der Waals surface area contributed by atoms with Crippen LogP contribution in [0.25, 0.3) is 0 Å². The van der Waals surface area contributed by atoms with Gasteiger partial charge >= 0.3 is 6.18 Å². The minimum absolute atomic E-state index is 0.151. The van der Waals surface area contributed by atoms with Crippen LogP contribution in [0, 0.1) is 5.92 Å². The number of hydrogen-bond donors (Lipinski definition) is 1. The van der Waals surface area contributed by atoms with E-state index in [1.807, 2.05) is 6.92 Å². The molecule has 1 saturated heterocycles. The second-order valence-corrected chi connectivity index (χ2v) is 6.68. The van der Waals surface area contributed by atoms with Crippen molar-refractivity contribution in [2.45, 2.75) is 76.2 Å². The van der Waals surface area contributed by atoms with Crippen molar-refractivity contribution >= 4 is 0 Å². The first-order valence-corrected chi connectivity index (χ1v) is 7.82. The molecule has 2 fully saturated rings. The molecule has 2 nitrogen and oxygen atoms in total. The molecule has 2 aliphatic rings. The number of ether oxygens (including phenoxy) is 1. The minimum Gasteiger partial charge on any atom is -0.369 e. The van der Waals surface area contributed by atoms with Gasteiger partial charge in [-0.1, -0.05) is 25.7 Å². The molecule has 0 aromatic carbocycles. The van der Waals surface area contributed by atoms with Crippen molar-refractivity contribution < 1.29 is 17.9 Å². The molecule has 1 saturated carbocycles. The van der Waals surface area contributed by atoms with E-state index < -0.39 is 18.2 Å². The molecule has 0 amide bonds. The maximum atomic E-state index is 12.2. The maximum Gasteiger partial charge on any atom is 0.389 e. The quantitative estimate of drug-likeness (QED) is 0.826. The summed E-state index contributed by atoms with van der Waals surface area (Å²) in [5, 5.41) is 3.34. The van der Waals surface area contributed by atoms with E-state index in [2.05, 4.69) is 5.32 Å². The molecule has 5 heteroatoms. The highest BCUT2D eigenvalue weighted by atomic mass is 19.4. The Labute approximate surface area is 119 Å². The predicted molar refractivity (Wildman–Crippen MR) is 72.6 cm³/mol. The lowest BCUT2D eigenvalue weighted by molar-refractivity contribution is -0.146. The zero-order valence-corrected chi connectivity index (χ0v) is 12.3. The lowest BCUT2D eigenvalue weighted by Crippen LogP contribution is -2.52. The summed E-state index contributed by atoms with van der Waals surface area (Å²) in [6, 6.07) is 0. The molecular weight excluding hydrogens is 267 g/mol. The van der Waals surface area contributed by atoms with Crippen LogP contribution >= 0.6 is 0 Å². The Morgan fingerprint density at radius 1 is 1.25 bits per heavy atom. The number of rotatable bonds is 5. The highest BCUT2D eigenvalue weighted by Crippen LogP contribution is 2.33. The van der Waals surface area contributed by atoms with Crippen molar-refractivity contribution in [3.8, 4) is 0 Å². The lowest BCUT2D eigenvalue weighted by atomic mass is 9.93. The van der Waals surface area contributed by atoms with Crippen LogP contribution in [0.3, 0.4) is 0 Å². The molecule has 1 aliphatic heterocycles. The fourth-order valence-electron chi connectivity index (χ4n) is 3.54. The second-order valence-electron chi connectivity index (χ2n) is 6.68. The van der Waals surface area contributed by atoms with Crippen molar-refractivity contribution in [3.63, 3.8) is 0 Å². The van der Waals surface area contributed by atoms with E-state index in [0.29, 0.717) is 13.0 Å². The van der Waals surface area contributed by atoms with Crippen LogP contribution in [0.1, 0.15) is 58.3 Å². The molecule has 2 atom stereocenters. The molecule has 1 heterocycles. The van der Waals surface area contributed by atoms with Gasteiger partial charge in [0.15, 0.2) is 0 Å². The zero-order chi connectivity index (χ0) is 14.6. The molecule has 2 unspecified atom stereocenters. The van der Waals surface area contributed by atoms with Crippen molar-refractivity contribution in [2.75, 3.05) is 13.1 Å². The number of halogens is 3. The summed E-state index contributed by atoms with van der Waals surface area (Å²) in [6.45, 7) is 3.44. The standard InChI is InChI=1S/C15H26F3NO/c1-14(7-4-8-15(16,17)18)11-19-10-13(20-14)9-12-5-2-3-6-12/h12-13,19H,2-11H2,1H3. The Kier molecular flexibility index (Phi) is 5.35. The van der Waals surface area contributed by atoms with Crippen LogP contribution < -0.4 is 5.32 Å². The largest absolute Gasteiger partial charge is 0.389 e. The highest BCUT2D eigenvalue weighted by molar-refractivity contribution is 4.87. The van der Waals surface area contributed by atoms with E-state index in [1.165, 1.54) is 25.7 Å². The van der Waals surface area contributed by atoms with E-state index in [0.717, 1.165) is 18.9 Å². The van der Waals surface area contributed by atoms with Gasteiger partial charge in [0.25, 0.3) is 0 Å². The molecule has 2 rings (SSSR count). The van der Waals surface area contributed by atoms with Gasteiger partial charge in [0, 0.05) is 19.5 Å². The van der Waals surface area contributed by atoms with E-state index in [1.54, 1.807) is 0 Å². The SMILES string of the molecule is CC1(CCCC(F)(F)F)CNCC(CC2CCCC2)O1. The second kappa shape index (κ2) is 6.65. The van der Waals surface area contributed by atoms with E-state index in [-0.39, 0.29) is 12.5 Å². The van der Waals surface area contributed by atoms with Gasteiger partial charge in [0.2, 0.25) is 0 Å². The first-order chi connectivity index (χ1) is 9.36. The van der Waals surface area contributed by atoms with Crippen LogP contribution in [-0.2, 0) is 4.74 Å². The molecule has 0 bridgehead atoms. The summed E-state index contributed by atoms with van der Waals surface area (Å²) in [5.74, 6) is 0.749. The molecule has 118 valence electrons. The zero-order valence-electron chi connectivity index (χ0n) is 12.3. The normalized spacial score (nSPS) is 32.7. The third-order valence-electron chi connectivity index (χ3n) is 4.56. The Balaban J connectivity index is 1.75. The number of alkyl halides is 3. The number of morpholine rings is 1. The first kappa shape index (κ1) is 16.1. The summed E-state index contributed by atoms with van der Waals surface area (Å²) in [6.07, 6.45) is 2.28. The topological polar surface area (TPSA) is 21.3 Å². The van der Waals surface area contributed by atoms with E-state index >= 15 is 0 Å². The van der Waals surface area contributed by atoms with Crippen LogP contribution in [0.15, 0.2) is 0 Å². The molecular formula is C15H26F3NO. The fourth-order valence-corrected chi connectivity index (χ4v) is 3.54. The molecule has 1 aliphatic carbocycles. The van der Waals surface area contributed by atoms with Crippen LogP contribution in [0.5, 0.6) is 0 Å². The third-order valence-corrected chi connectivity index (χ3v) is 4.56. The molecule has 0 aromatic heterocycles. The van der Waals surface area contributed by atoms with Crippen molar-refractivity contribution in [1.29, 1.82) is 0 Å². The molecule has 0 spiro atoms. The molecule has 1 N–H and O–H groups in total. The van der Waals surface area contributed by atoms with Gasteiger partial charge in [-0.25, -0.2) is 0 Å². The monoisotopic (exact) mass is 293 g/mol. The Bertz CT molecular complexity index is 302. The average molecular weight is 293 g/mol. The van der Waals surface area contributed by atoms with Gasteiger partial charge in [-0.3, -0.25) is 0 Å². The van der Waals surface area contributed by atoms with E-state index in [4.69, 9.17) is 4.74 Å². The van der Waals surface area contributed by atoms with Gasteiger partial charge < -0.3 is 10.1 Å². The van der Waals surface area contributed by atoms with Gasteiger partial charge in [-0.2, -0.15) is 13.2 Å². The maximum absolute atomic E-state index is 12.2. The van der Waals surface area contributed by atoms with Crippen LogP contribution in [0.4, 0.5) is 13.2 Å². The van der Waals surface area contributed by atoms with E-state index in [9.17, 15) is 13.2 Å². The van der Waals surface area contributed by atoms with Crippen LogP contribution in [-0.4, -0.2) is 31.0 Å². The summed E-state index contributed by atoms with van der Waals surface area (Å²) in [7, 11) is 0. The highest BCUT2D eigenvalue weighted by Gasteiger charge is 2.35. The van der Waals surface area contributed by atoms with Gasteiger partial charge in [-0.05, 0) is 32.1 Å². The Morgan fingerprint density at radius 2 is 1.95 bits per heavy atom. The first-order valence-electron chi connectivity index (χ1n) is 7.82. The van der Waals surface area contributed by atoms with Crippen molar-refractivity contribution in [2.24, 2.45) is 5.92 Å². The molecule has 0 aromatic rings. The Morgan fingerprint density at radius 3 is 2.60 bits per heavy atom. The van der Waals surface area contributed by atoms with Crippen LogP contribution in [0.2, 0.25) is 0 Å². The van der Waals surface area contributed by atoms with Gasteiger partial charge in [-0.15, -0.1) is 0 Å². The Hall–Kier alpha value is -0.290. The lowest BCUT2D eigenvalue weighted by Gasteiger charge is -2.40. The van der Waals surface area contributed by atoms with Gasteiger partial charge in [0.05, 0.1) is 11.7 Å². The van der Waals surface area contributed by atoms with Crippen molar-refractivity contribution in [3.05, 3.63) is 0 Å². The summed E-state index contributed by atoms with van der Waals surface area (Å²) in [5.41, 5.74) is -0.438. The summed E-state index contributed by atoms with van der Waals surface area (Å²) in [4.78, 5) is 0. The van der Waals surface area contributed by atoms with Crippen molar-refractivity contribution in [1.82, 2.24) is 5.32 Å². The smallest absolute Gasteiger partial charge is 0.369 e. The minimum atomic E-state index is -4.05. The predicted octanol–water partition coefficient (Wildman–Crippen LogP) is 4.05. The summed E-state index contributed by atoms with van der Waals surface area (Å²) >= 11 is 0. The van der Waals surface area contributed by atoms with Gasteiger partial charge in [0.1, 0.15) is 0 Å². The average Bonchev–Trinajstić information content (AvgIpc) is 2.79. The fraction of sp³-hybridized carbons (Fsp3) is 1.00. The number of hydrogen-bond acceptors (Lipinski definition) is 2. The third kappa shape index (κ3) is 5.24. The number of nitrogens with one attached hydrogen (secondary N) is 1. The molecule has 0 radical (unpaired) electrons. The summed E-state index contributed by atoms with van der Waals surface area (Å²) < 4.78 is 42.8.